The molecule has 1 N–H and O–H groups in total. The zero-order valence-electron chi connectivity index (χ0n) is 14.0. The van der Waals surface area contributed by atoms with Crippen molar-refractivity contribution in [1.82, 2.24) is 15.5 Å². The SMILES string of the molecule is CNC(C)Cc1noc(/C=C/c2cc(OC)c3c(c2)OCCO3)n1. The third-order valence-corrected chi connectivity index (χ3v) is 3.73. The summed E-state index contributed by atoms with van der Waals surface area (Å²) in [4.78, 5) is 4.35. The number of hydrogen-bond donors (Lipinski definition) is 1. The maximum Gasteiger partial charge on any atom is 0.250 e. The van der Waals surface area contributed by atoms with Crippen LogP contribution in [0.4, 0.5) is 0 Å². The van der Waals surface area contributed by atoms with Gasteiger partial charge in [0.15, 0.2) is 17.3 Å². The van der Waals surface area contributed by atoms with E-state index in [-0.39, 0.29) is 0 Å². The fraction of sp³-hybridized carbons (Fsp3) is 0.412. The van der Waals surface area contributed by atoms with Crippen LogP contribution in [0.1, 0.15) is 24.2 Å². The molecule has 0 saturated heterocycles. The second-order valence-corrected chi connectivity index (χ2v) is 5.52. The minimum absolute atomic E-state index is 0.293. The molecule has 1 atom stereocenters. The minimum Gasteiger partial charge on any atom is -0.493 e. The van der Waals surface area contributed by atoms with Gasteiger partial charge < -0.3 is 24.1 Å². The van der Waals surface area contributed by atoms with Crippen molar-refractivity contribution in [3.05, 3.63) is 29.4 Å². The summed E-state index contributed by atoms with van der Waals surface area (Å²) in [6.07, 6.45) is 4.36. The Morgan fingerprint density at radius 1 is 1.29 bits per heavy atom. The van der Waals surface area contributed by atoms with E-state index in [0.717, 1.165) is 5.56 Å². The van der Waals surface area contributed by atoms with Crippen molar-refractivity contribution in [2.24, 2.45) is 0 Å². The largest absolute Gasteiger partial charge is 0.493 e. The molecular formula is C17H21N3O4. The molecule has 24 heavy (non-hydrogen) atoms. The molecule has 1 aromatic heterocycles. The molecule has 1 aromatic carbocycles. The highest BCUT2D eigenvalue weighted by molar-refractivity contribution is 5.70. The number of likely N-dealkylation sites (N-methyl/N-ethyl adjacent to an activating group) is 1. The molecule has 3 rings (SSSR count). The predicted octanol–water partition coefficient (Wildman–Crippen LogP) is 2.17. The Hall–Kier alpha value is -2.54. The number of nitrogens with zero attached hydrogens (tertiary/aromatic N) is 2. The van der Waals surface area contributed by atoms with E-state index in [1.165, 1.54) is 0 Å². The molecule has 0 fully saturated rings. The van der Waals surface area contributed by atoms with Crippen LogP contribution in [0.15, 0.2) is 16.7 Å². The Labute approximate surface area is 140 Å². The lowest BCUT2D eigenvalue weighted by Gasteiger charge is -2.20. The van der Waals surface area contributed by atoms with Crippen LogP contribution in [0.3, 0.4) is 0 Å². The number of methoxy groups -OCH3 is 1. The van der Waals surface area contributed by atoms with E-state index in [1.807, 2.05) is 25.3 Å². The van der Waals surface area contributed by atoms with Crippen molar-refractivity contribution in [2.75, 3.05) is 27.4 Å². The summed E-state index contributed by atoms with van der Waals surface area (Å²) in [6, 6.07) is 4.07. The Morgan fingerprint density at radius 3 is 2.92 bits per heavy atom. The quantitative estimate of drug-likeness (QED) is 0.869. The molecule has 2 heterocycles. The van der Waals surface area contributed by atoms with Crippen LogP contribution >= 0.6 is 0 Å². The van der Waals surface area contributed by atoms with Gasteiger partial charge >= 0.3 is 0 Å². The standard InChI is InChI=1S/C17H21N3O4/c1-11(18-2)8-15-19-16(24-20-15)5-4-12-9-13(21-3)17-14(10-12)22-6-7-23-17/h4-5,9-11,18H,6-8H2,1-3H3/b5-4+. The summed E-state index contributed by atoms with van der Waals surface area (Å²) in [5.41, 5.74) is 0.902. The predicted molar refractivity (Wildman–Crippen MR) is 89.4 cm³/mol. The van der Waals surface area contributed by atoms with Gasteiger partial charge in [0.2, 0.25) is 5.75 Å². The van der Waals surface area contributed by atoms with E-state index in [4.69, 9.17) is 18.7 Å². The molecule has 1 aliphatic heterocycles. The van der Waals surface area contributed by atoms with Gasteiger partial charge in [-0.1, -0.05) is 5.16 Å². The van der Waals surface area contributed by atoms with Crippen LogP contribution in [-0.4, -0.2) is 43.6 Å². The Balaban J connectivity index is 1.77. The van der Waals surface area contributed by atoms with Crippen molar-refractivity contribution >= 4 is 12.2 Å². The molecular weight excluding hydrogens is 310 g/mol. The normalized spacial score (nSPS) is 14.8. The molecule has 0 amide bonds. The van der Waals surface area contributed by atoms with Crippen molar-refractivity contribution in [2.45, 2.75) is 19.4 Å². The van der Waals surface area contributed by atoms with Crippen LogP contribution in [0, 0.1) is 0 Å². The molecule has 2 aromatic rings. The number of benzene rings is 1. The molecule has 0 spiro atoms. The third-order valence-electron chi connectivity index (χ3n) is 3.73. The molecule has 0 radical (unpaired) electrons. The first kappa shape index (κ1) is 16.3. The Morgan fingerprint density at radius 2 is 2.12 bits per heavy atom. The fourth-order valence-electron chi connectivity index (χ4n) is 2.35. The third kappa shape index (κ3) is 3.68. The number of fused-ring (bicyclic) bond motifs is 1. The van der Waals surface area contributed by atoms with Crippen LogP contribution in [0.25, 0.3) is 12.2 Å². The van der Waals surface area contributed by atoms with Gasteiger partial charge in [0, 0.05) is 18.5 Å². The van der Waals surface area contributed by atoms with Crippen LogP contribution < -0.4 is 19.5 Å². The topological polar surface area (TPSA) is 78.6 Å². The summed E-state index contributed by atoms with van der Waals surface area (Å²) in [5, 5.41) is 7.12. The number of hydrogen-bond acceptors (Lipinski definition) is 7. The van der Waals surface area contributed by atoms with E-state index < -0.39 is 0 Å². The van der Waals surface area contributed by atoms with Gasteiger partial charge in [-0.2, -0.15) is 4.98 Å². The molecule has 7 nitrogen and oxygen atoms in total. The van der Waals surface area contributed by atoms with Gasteiger partial charge in [0.25, 0.3) is 5.89 Å². The first-order valence-electron chi connectivity index (χ1n) is 7.85. The molecule has 1 unspecified atom stereocenters. The summed E-state index contributed by atoms with van der Waals surface area (Å²) < 4.78 is 21.8. The lowest BCUT2D eigenvalue weighted by Crippen LogP contribution is -2.24. The fourth-order valence-corrected chi connectivity index (χ4v) is 2.35. The minimum atomic E-state index is 0.293. The van der Waals surface area contributed by atoms with Crippen LogP contribution in [0.2, 0.25) is 0 Å². The second kappa shape index (κ2) is 7.35. The van der Waals surface area contributed by atoms with E-state index in [0.29, 0.717) is 54.6 Å². The zero-order chi connectivity index (χ0) is 16.9. The maximum atomic E-state index is 5.62. The van der Waals surface area contributed by atoms with Gasteiger partial charge in [0.1, 0.15) is 13.2 Å². The smallest absolute Gasteiger partial charge is 0.250 e. The highest BCUT2D eigenvalue weighted by Crippen LogP contribution is 2.40. The summed E-state index contributed by atoms with van der Waals surface area (Å²) >= 11 is 0. The Kier molecular flexibility index (Phi) is 5.00. The first-order valence-corrected chi connectivity index (χ1v) is 7.85. The molecule has 1 aliphatic rings. The summed E-state index contributed by atoms with van der Waals surface area (Å²) in [6.45, 7) is 3.11. The van der Waals surface area contributed by atoms with Gasteiger partial charge in [-0.3, -0.25) is 0 Å². The van der Waals surface area contributed by atoms with E-state index in [9.17, 15) is 0 Å². The average molecular weight is 331 g/mol. The van der Waals surface area contributed by atoms with Gasteiger partial charge in [-0.05, 0) is 37.7 Å². The van der Waals surface area contributed by atoms with Gasteiger partial charge in [-0.25, -0.2) is 0 Å². The zero-order valence-corrected chi connectivity index (χ0v) is 14.0. The lowest BCUT2D eigenvalue weighted by molar-refractivity contribution is 0.165. The van der Waals surface area contributed by atoms with Crippen molar-refractivity contribution in [1.29, 1.82) is 0 Å². The molecule has 0 saturated carbocycles. The number of rotatable bonds is 6. The molecule has 128 valence electrons. The van der Waals surface area contributed by atoms with Crippen LogP contribution in [-0.2, 0) is 6.42 Å². The molecule has 7 heteroatoms. The van der Waals surface area contributed by atoms with Crippen molar-refractivity contribution in [3.8, 4) is 17.2 Å². The monoisotopic (exact) mass is 331 g/mol. The van der Waals surface area contributed by atoms with Gasteiger partial charge in [-0.15, -0.1) is 0 Å². The van der Waals surface area contributed by atoms with Crippen molar-refractivity contribution < 1.29 is 18.7 Å². The number of nitrogens with one attached hydrogen (secondary N) is 1. The maximum absolute atomic E-state index is 5.62. The van der Waals surface area contributed by atoms with Crippen molar-refractivity contribution in [3.63, 3.8) is 0 Å². The average Bonchev–Trinajstić information content (AvgIpc) is 3.06. The molecule has 0 bridgehead atoms. The van der Waals surface area contributed by atoms with E-state index in [1.54, 1.807) is 13.2 Å². The number of ether oxygens (including phenoxy) is 3. The summed E-state index contributed by atoms with van der Waals surface area (Å²) in [7, 11) is 3.51. The Bertz CT molecular complexity index is 709. The van der Waals surface area contributed by atoms with E-state index >= 15 is 0 Å². The van der Waals surface area contributed by atoms with Gasteiger partial charge in [0.05, 0.1) is 7.11 Å². The highest BCUT2D eigenvalue weighted by atomic mass is 16.6. The van der Waals surface area contributed by atoms with E-state index in [2.05, 4.69) is 22.4 Å². The summed E-state index contributed by atoms with van der Waals surface area (Å²) in [5.74, 6) is 3.09. The van der Waals surface area contributed by atoms with Crippen LogP contribution in [0.5, 0.6) is 17.2 Å². The lowest BCUT2D eigenvalue weighted by atomic mass is 10.1. The second-order valence-electron chi connectivity index (χ2n) is 5.52. The highest BCUT2D eigenvalue weighted by Gasteiger charge is 2.17. The molecule has 0 aliphatic carbocycles. The number of aromatic nitrogens is 2. The first-order chi connectivity index (χ1) is 11.7.